The first kappa shape index (κ1) is 29.7. The molecule has 3 aromatic heterocycles. The number of nitriles is 1. The minimum Gasteiger partial charge on any atom is -0.474 e. The van der Waals surface area contributed by atoms with Crippen molar-refractivity contribution in [3.05, 3.63) is 45.9 Å². The van der Waals surface area contributed by atoms with Crippen molar-refractivity contribution in [3.63, 3.8) is 0 Å². The first-order chi connectivity index (χ1) is 20.2. The summed E-state index contributed by atoms with van der Waals surface area (Å²) < 4.78 is 8.07. The van der Waals surface area contributed by atoms with E-state index in [2.05, 4.69) is 23.4 Å². The number of nitrogen functional groups attached to an aromatic ring is 1. The molecule has 0 unspecified atom stereocenters. The van der Waals surface area contributed by atoms with Gasteiger partial charge in [0.15, 0.2) is 11.6 Å². The second-order valence-corrected chi connectivity index (χ2v) is 12.8. The van der Waals surface area contributed by atoms with Gasteiger partial charge in [0.25, 0.3) is 0 Å². The van der Waals surface area contributed by atoms with E-state index in [4.69, 9.17) is 26.2 Å². The molecule has 0 saturated heterocycles. The highest BCUT2D eigenvalue weighted by Gasteiger charge is 2.49. The number of nitrogens with two attached hydrogens (primary N) is 2. The number of ether oxygens (including phenoxy) is 1. The van der Waals surface area contributed by atoms with Gasteiger partial charge in [-0.2, -0.15) is 15.3 Å². The molecular weight excluding hydrogens is 548 g/mol. The number of hydrogen-bond donors (Lipinski definition) is 3. The molecule has 10 nitrogen and oxygen atoms in total. The Morgan fingerprint density at radius 1 is 1.29 bits per heavy atom. The van der Waals surface area contributed by atoms with Crippen molar-refractivity contribution in [2.75, 3.05) is 19.3 Å². The van der Waals surface area contributed by atoms with Gasteiger partial charge in [-0.1, -0.05) is 6.92 Å². The average molecular weight is 589 g/mol. The van der Waals surface area contributed by atoms with Crippen molar-refractivity contribution < 1.29 is 9.53 Å². The molecule has 3 aromatic rings. The number of rotatable bonds is 9. The number of fused-ring (bicyclic) bond motifs is 2. The highest BCUT2D eigenvalue weighted by Crippen LogP contribution is 2.52. The second kappa shape index (κ2) is 12.2. The highest BCUT2D eigenvalue weighted by molar-refractivity contribution is 7.16. The van der Waals surface area contributed by atoms with Crippen LogP contribution < -0.4 is 21.5 Å². The van der Waals surface area contributed by atoms with E-state index in [1.165, 1.54) is 11.3 Å². The minimum absolute atomic E-state index is 0.0362. The monoisotopic (exact) mass is 588 g/mol. The molecule has 2 aliphatic rings. The van der Waals surface area contributed by atoms with Crippen LogP contribution in [0.15, 0.2) is 24.0 Å². The maximum absolute atomic E-state index is 14.4. The molecule has 3 atom stereocenters. The van der Waals surface area contributed by atoms with Gasteiger partial charge < -0.3 is 21.5 Å². The van der Waals surface area contributed by atoms with Crippen LogP contribution in [0.2, 0.25) is 0 Å². The van der Waals surface area contributed by atoms with Crippen molar-refractivity contribution in [1.82, 2.24) is 25.1 Å². The molecule has 0 amide bonds. The zero-order valence-corrected chi connectivity index (χ0v) is 25.7. The summed E-state index contributed by atoms with van der Waals surface area (Å²) >= 11 is 1.44. The standard InChI is InChI=1S/C31H40N8O2S/c1-18(8-7-13-35-3)19(2)41-25-14-23(20-16-36-39(4)17-20)37-30(38-25)27(33)21-9-5-11-31(28(21)40)12-6-10-24-26(31)22(15-32)29(34)42-24/h14,16-19,35H,5-13,33-34H2,1-4H3/b27-21-/t18-,19-,31-/m0/s1. The third-order valence-corrected chi connectivity index (χ3v) is 9.89. The molecule has 0 aliphatic heterocycles. The zero-order chi connectivity index (χ0) is 30.0. The molecular formula is C31H40N8O2S. The first-order valence-corrected chi connectivity index (χ1v) is 15.5. The topological polar surface area (TPSA) is 158 Å². The number of aromatic nitrogens is 4. The smallest absolute Gasteiger partial charge is 0.217 e. The van der Waals surface area contributed by atoms with Gasteiger partial charge in [0.1, 0.15) is 17.2 Å². The van der Waals surface area contributed by atoms with Crippen molar-refractivity contribution in [3.8, 4) is 23.2 Å². The fourth-order valence-corrected chi connectivity index (χ4v) is 7.53. The average Bonchev–Trinajstić information content (AvgIpc) is 3.56. The van der Waals surface area contributed by atoms with Crippen molar-refractivity contribution in [2.24, 2.45) is 18.7 Å². The summed E-state index contributed by atoms with van der Waals surface area (Å²) in [6, 6.07) is 4.09. The van der Waals surface area contributed by atoms with Gasteiger partial charge in [-0.25, -0.2) is 4.98 Å². The van der Waals surface area contributed by atoms with Gasteiger partial charge in [-0.3, -0.25) is 9.48 Å². The summed E-state index contributed by atoms with van der Waals surface area (Å²) in [4.78, 5) is 25.0. The van der Waals surface area contributed by atoms with Crippen LogP contribution in [0.25, 0.3) is 17.0 Å². The summed E-state index contributed by atoms with van der Waals surface area (Å²) in [6.45, 7) is 5.17. The lowest BCUT2D eigenvalue weighted by atomic mass is 9.61. The number of aryl methyl sites for hydroxylation is 2. The summed E-state index contributed by atoms with van der Waals surface area (Å²) in [5.41, 5.74) is 15.7. The maximum Gasteiger partial charge on any atom is 0.217 e. The molecule has 0 radical (unpaired) electrons. The van der Waals surface area contributed by atoms with Gasteiger partial charge in [-0.05, 0) is 83.4 Å². The van der Waals surface area contributed by atoms with Crippen LogP contribution in [0.1, 0.15) is 80.6 Å². The Labute approximate surface area is 251 Å². The maximum atomic E-state index is 14.4. The lowest BCUT2D eigenvalue weighted by Crippen LogP contribution is -2.43. The van der Waals surface area contributed by atoms with Gasteiger partial charge in [0.05, 0.1) is 28.6 Å². The predicted octanol–water partition coefficient (Wildman–Crippen LogP) is 4.49. The normalized spacial score (nSPS) is 21.1. The van der Waals surface area contributed by atoms with Crippen molar-refractivity contribution in [1.29, 1.82) is 5.26 Å². The van der Waals surface area contributed by atoms with E-state index in [0.717, 1.165) is 54.7 Å². The summed E-state index contributed by atoms with van der Waals surface area (Å²) in [5, 5.41) is 17.9. The number of thiophene rings is 1. The summed E-state index contributed by atoms with van der Waals surface area (Å²) in [6.07, 6.45) is 9.93. The van der Waals surface area contributed by atoms with Crippen LogP contribution in [0.5, 0.6) is 5.88 Å². The molecule has 3 heterocycles. The van der Waals surface area contributed by atoms with Gasteiger partial charge >= 0.3 is 0 Å². The van der Waals surface area contributed by atoms with E-state index in [0.29, 0.717) is 52.9 Å². The lowest BCUT2D eigenvalue weighted by molar-refractivity contribution is -0.122. The van der Waals surface area contributed by atoms with E-state index in [1.54, 1.807) is 16.9 Å². The molecule has 0 aromatic carbocycles. The van der Waals surface area contributed by atoms with Crippen molar-refractivity contribution in [2.45, 2.75) is 76.7 Å². The van der Waals surface area contributed by atoms with E-state index < -0.39 is 5.41 Å². The highest BCUT2D eigenvalue weighted by atomic mass is 32.1. The van der Waals surface area contributed by atoms with E-state index in [1.807, 2.05) is 27.2 Å². The number of ketones is 1. The van der Waals surface area contributed by atoms with Gasteiger partial charge in [0.2, 0.25) is 5.88 Å². The zero-order valence-electron chi connectivity index (χ0n) is 24.9. The van der Waals surface area contributed by atoms with E-state index in [-0.39, 0.29) is 23.4 Å². The number of nitrogens with zero attached hydrogens (tertiary/aromatic N) is 5. The number of nitrogens with one attached hydrogen (secondary N) is 1. The predicted molar refractivity (Wildman–Crippen MR) is 165 cm³/mol. The number of hydrogen-bond acceptors (Lipinski definition) is 10. The summed E-state index contributed by atoms with van der Waals surface area (Å²) in [7, 11) is 3.80. The molecule has 1 fully saturated rings. The second-order valence-electron chi connectivity index (χ2n) is 11.6. The van der Waals surface area contributed by atoms with Crippen LogP contribution in [-0.2, 0) is 23.7 Å². The number of anilines is 1. The quantitative estimate of drug-likeness (QED) is 0.242. The summed E-state index contributed by atoms with van der Waals surface area (Å²) in [5.74, 6) is 0.946. The fourth-order valence-electron chi connectivity index (χ4n) is 6.37. The molecule has 222 valence electrons. The third kappa shape index (κ3) is 5.53. The minimum atomic E-state index is -0.789. The molecule has 2 aliphatic carbocycles. The van der Waals surface area contributed by atoms with Gasteiger partial charge in [-0.15, -0.1) is 11.3 Å². The number of allylic oxidation sites excluding steroid dienone is 1. The Balaban J connectivity index is 1.55. The van der Waals surface area contributed by atoms with Crippen LogP contribution in [0.3, 0.4) is 0 Å². The molecule has 1 saturated carbocycles. The molecule has 0 bridgehead atoms. The molecule has 11 heteroatoms. The molecule has 1 spiro atoms. The Bertz CT molecular complexity index is 1550. The fraction of sp³-hybridized carbons (Fsp3) is 0.516. The van der Waals surface area contributed by atoms with E-state index >= 15 is 0 Å². The van der Waals surface area contributed by atoms with Crippen LogP contribution in [0.4, 0.5) is 5.00 Å². The Morgan fingerprint density at radius 2 is 2.05 bits per heavy atom. The Kier molecular flexibility index (Phi) is 8.66. The number of carbonyl (C=O) groups is 1. The number of carbonyl (C=O) groups excluding carboxylic acids is 1. The van der Waals surface area contributed by atoms with Crippen LogP contribution in [0, 0.1) is 17.2 Å². The van der Waals surface area contributed by atoms with Crippen LogP contribution >= 0.6 is 11.3 Å². The lowest BCUT2D eigenvalue weighted by Gasteiger charge is -2.40. The molecule has 5 N–H and O–H groups in total. The Hall–Kier alpha value is -3.75. The largest absolute Gasteiger partial charge is 0.474 e. The third-order valence-electron chi connectivity index (χ3n) is 8.81. The SMILES string of the molecule is CNCCC[C@H](C)[C@H](C)Oc1cc(-c2cnn(C)c2)nc(/C(N)=C2\CCC[C@@]3(CCCc4sc(N)c(C#N)c43)C2=O)n1. The van der Waals surface area contributed by atoms with Crippen molar-refractivity contribution >= 4 is 27.8 Å². The molecule has 42 heavy (non-hydrogen) atoms. The number of Topliss-reactive ketones (excluding diaryl/α,β-unsaturated/α-hetero) is 1. The van der Waals surface area contributed by atoms with Gasteiger partial charge in [0, 0.05) is 35.3 Å². The van der Waals surface area contributed by atoms with E-state index in [9.17, 15) is 10.1 Å². The first-order valence-electron chi connectivity index (χ1n) is 14.7. The molecule has 5 rings (SSSR count). The Morgan fingerprint density at radius 3 is 2.74 bits per heavy atom. The van der Waals surface area contributed by atoms with Crippen LogP contribution in [-0.4, -0.2) is 45.2 Å².